The Labute approximate surface area is 137 Å². The van der Waals surface area contributed by atoms with Crippen LogP contribution in [0.1, 0.15) is 5.56 Å². The summed E-state index contributed by atoms with van der Waals surface area (Å²) in [6.45, 7) is 3.12. The molecule has 3 rings (SSSR count). The van der Waals surface area contributed by atoms with E-state index in [1.807, 2.05) is 12.1 Å². The van der Waals surface area contributed by atoms with Crippen LogP contribution in [0.2, 0.25) is 0 Å². The molecule has 0 spiro atoms. The van der Waals surface area contributed by atoms with Gasteiger partial charge in [0, 0.05) is 37.7 Å². The smallest absolute Gasteiger partial charge is 0.123 e. The lowest BCUT2D eigenvalue weighted by molar-refractivity contribution is 0.146. The van der Waals surface area contributed by atoms with Crippen molar-refractivity contribution in [3.8, 4) is 5.75 Å². The quantitative estimate of drug-likeness (QED) is 0.787. The highest BCUT2D eigenvalue weighted by atomic mass is 35.5. The molecule has 2 atom stereocenters. The van der Waals surface area contributed by atoms with E-state index in [9.17, 15) is 5.11 Å². The zero-order valence-corrected chi connectivity index (χ0v) is 13.5. The first-order valence-corrected chi connectivity index (χ1v) is 7.43. The molecule has 1 heterocycles. The van der Waals surface area contributed by atoms with E-state index < -0.39 is 0 Å². The number of halogens is 1. The van der Waals surface area contributed by atoms with Crippen LogP contribution in [-0.4, -0.2) is 38.0 Å². The molecule has 0 bridgehead atoms. The van der Waals surface area contributed by atoms with Crippen molar-refractivity contribution in [2.45, 2.75) is 12.6 Å². The molecule has 0 amide bonds. The third kappa shape index (κ3) is 3.52. The summed E-state index contributed by atoms with van der Waals surface area (Å²) >= 11 is 0. The number of methoxy groups -OCH3 is 1. The Morgan fingerprint density at radius 2 is 2.05 bits per heavy atom. The molecule has 0 aliphatic carbocycles. The minimum absolute atomic E-state index is 0. The predicted octanol–water partition coefficient (Wildman–Crippen LogP) is 1.94. The van der Waals surface area contributed by atoms with Crippen molar-refractivity contribution in [3.05, 3.63) is 42.0 Å². The van der Waals surface area contributed by atoms with Crippen LogP contribution in [0.4, 0.5) is 0 Å². The van der Waals surface area contributed by atoms with E-state index in [1.165, 1.54) is 16.3 Å². The van der Waals surface area contributed by atoms with Crippen LogP contribution in [0.3, 0.4) is 0 Å². The molecule has 4 nitrogen and oxygen atoms in total. The summed E-state index contributed by atoms with van der Waals surface area (Å²) in [5, 5.41) is 18.9. The van der Waals surface area contributed by atoms with Crippen molar-refractivity contribution in [2.75, 3.05) is 26.7 Å². The highest BCUT2D eigenvalue weighted by molar-refractivity contribution is 5.87. The predicted molar refractivity (Wildman–Crippen MR) is 91.8 cm³/mol. The number of fused-ring (bicyclic) bond motifs is 1. The lowest BCUT2D eigenvalue weighted by Crippen LogP contribution is -2.30. The van der Waals surface area contributed by atoms with E-state index in [2.05, 4.69) is 34.9 Å². The molecule has 0 aromatic heterocycles. The topological polar surface area (TPSA) is 53.5 Å². The first-order chi connectivity index (χ1) is 10.3. The minimum Gasteiger partial charge on any atom is -0.496 e. The average Bonchev–Trinajstić information content (AvgIpc) is 2.93. The van der Waals surface area contributed by atoms with Gasteiger partial charge in [0.15, 0.2) is 0 Å². The highest BCUT2D eigenvalue weighted by Gasteiger charge is 2.24. The maximum Gasteiger partial charge on any atom is 0.123 e. The molecule has 5 heteroatoms. The zero-order valence-electron chi connectivity index (χ0n) is 12.7. The van der Waals surface area contributed by atoms with Gasteiger partial charge in [0.05, 0.1) is 13.2 Å². The van der Waals surface area contributed by atoms with E-state index in [1.54, 1.807) is 7.11 Å². The monoisotopic (exact) mass is 322 g/mol. The maximum atomic E-state index is 9.83. The Bertz CT molecular complexity index is 621. The van der Waals surface area contributed by atoms with Gasteiger partial charge in [0.1, 0.15) is 5.75 Å². The fourth-order valence-electron chi connectivity index (χ4n) is 3.00. The molecule has 1 fully saturated rings. The summed E-state index contributed by atoms with van der Waals surface area (Å²) in [4.78, 5) is 0. The van der Waals surface area contributed by atoms with Crippen molar-refractivity contribution in [2.24, 2.45) is 5.92 Å². The fraction of sp³-hybridized carbons (Fsp3) is 0.412. The van der Waals surface area contributed by atoms with Crippen LogP contribution < -0.4 is 15.4 Å². The molecule has 3 N–H and O–H groups in total. The van der Waals surface area contributed by atoms with Crippen molar-refractivity contribution in [1.29, 1.82) is 0 Å². The van der Waals surface area contributed by atoms with E-state index in [0.717, 1.165) is 25.4 Å². The van der Waals surface area contributed by atoms with Gasteiger partial charge >= 0.3 is 0 Å². The number of aliphatic hydroxyl groups is 1. The van der Waals surface area contributed by atoms with Gasteiger partial charge in [0.2, 0.25) is 0 Å². The Balaban J connectivity index is 0.00000176. The van der Waals surface area contributed by atoms with Crippen LogP contribution >= 0.6 is 12.4 Å². The van der Waals surface area contributed by atoms with Gasteiger partial charge in [-0.2, -0.15) is 0 Å². The van der Waals surface area contributed by atoms with Crippen molar-refractivity contribution >= 4 is 23.2 Å². The largest absolute Gasteiger partial charge is 0.496 e. The average molecular weight is 323 g/mol. The number of benzene rings is 2. The highest BCUT2D eigenvalue weighted by Crippen LogP contribution is 2.27. The van der Waals surface area contributed by atoms with E-state index in [-0.39, 0.29) is 24.4 Å². The summed E-state index contributed by atoms with van der Waals surface area (Å²) in [6.07, 6.45) is -0.244. The lowest BCUT2D eigenvalue weighted by atomic mass is 10.0. The van der Waals surface area contributed by atoms with Crippen molar-refractivity contribution < 1.29 is 9.84 Å². The normalized spacial score (nSPS) is 20.8. The summed E-state index contributed by atoms with van der Waals surface area (Å²) in [5.41, 5.74) is 1.18. The fourth-order valence-corrected chi connectivity index (χ4v) is 3.00. The van der Waals surface area contributed by atoms with Crippen LogP contribution in [-0.2, 0) is 6.54 Å². The maximum absolute atomic E-state index is 9.83. The van der Waals surface area contributed by atoms with E-state index >= 15 is 0 Å². The SMILES string of the molecule is COc1ccc2ccccc2c1CNCC1CNCC1O.Cl. The first-order valence-electron chi connectivity index (χ1n) is 7.43. The van der Waals surface area contributed by atoms with E-state index in [4.69, 9.17) is 4.74 Å². The Morgan fingerprint density at radius 1 is 1.23 bits per heavy atom. The molecule has 2 aromatic carbocycles. The molecule has 1 aliphatic heterocycles. The number of hydrogen-bond acceptors (Lipinski definition) is 4. The minimum atomic E-state index is -0.244. The third-order valence-electron chi connectivity index (χ3n) is 4.23. The molecule has 1 saturated heterocycles. The zero-order chi connectivity index (χ0) is 14.7. The molecule has 1 aliphatic rings. The van der Waals surface area contributed by atoms with Crippen LogP contribution in [0.5, 0.6) is 5.75 Å². The Morgan fingerprint density at radius 3 is 2.77 bits per heavy atom. The molecule has 0 saturated carbocycles. The molecule has 2 aromatic rings. The number of ether oxygens (including phenoxy) is 1. The van der Waals surface area contributed by atoms with Gasteiger partial charge in [0.25, 0.3) is 0 Å². The second-order valence-electron chi connectivity index (χ2n) is 5.58. The number of β-amino-alcohol motifs (C(OH)–C–C–N with tert-alkyl or cyclic N) is 1. The second kappa shape index (κ2) is 7.79. The van der Waals surface area contributed by atoms with Crippen LogP contribution in [0, 0.1) is 5.92 Å². The van der Waals surface area contributed by atoms with Crippen molar-refractivity contribution in [3.63, 3.8) is 0 Å². The Hall–Kier alpha value is -1.33. The summed E-state index contributed by atoms with van der Waals surface area (Å²) in [5.74, 6) is 1.19. The number of nitrogens with one attached hydrogen (secondary N) is 2. The lowest BCUT2D eigenvalue weighted by Gasteiger charge is -2.16. The summed E-state index contributed by atoms with van der Waals surface area (Å²) < 4.78 is 5.50. The molecule has 2 unspecified atom stereocenters. The summed E-state index contributed by atoms with van der Waals surface area (Å²) in [7, 11) is 1.71. The third-order valence-corrected chi connectivity index (χ3v) is 4.23. The molecule has 22 heavy (non-hydrogen) atoms. The summed E-state index contributed by atoms with van der Waals surface area (Å²) in [6, 6.07) is 12.4. The van der Waals surface area contributed by atoms with Gasteiger partial charge in [-0.1, -0.05) is 30.3 Å². The van der Waals surface area contributed by atoms with E-state index in [0.29, 0.717) is 6.54 Å². The Kier molecular flexibility index (Phi) is 6.03. The number of hydrogen-bond donors (Lipinski definition) is 3. The molecular weight excluding hydrogens is 300 g/mol. The van der Waals surface area contributed by atoms with Gasteiger partial charge in [-0.3, -0.25) is 0 Å². The van der Waals surface area contributed by atoms with Gasteiger partial charge < -0.3 is 20.5 Å². The van der Waals surface area contributed by atoms with Gasteiger partial charge in [-0.05, 0) is 16.8 Å². The number of rotatable bonds is 5. The number of aliphatic hydroxyl groups excluding tert-OH is 1. The van der Waals surface area contributed by atoms with Gasteiger partial charge in [-0.25, -0.2) is 0 Å². The van der Waals surface area contributed by atoms with Crippen LogP contribution in [0.25, 0.3) is 10.8 Å². The first kappa shape index (κ1) is 17.0. The molecule has 120 valence electrons. The standard InChI is InChI=1S/C17H22N2O2.ClH/c1-21-17-7-6-12-4-2-3-5-14(12)15(17)10-18-8-13-9-19-11-16(13)20;/h2-7,13,16,18-20H,8-11H2,1H3;1H. The van der Waals surface area contributed by atoms with Crippen LogP contribution in [0.15, 0.2) is 36.4 Å². The molecular formula is C17H23ClN2O2. The van der Waals surface area contributed by atoms with Gasteiger partial charge in [-0.15, -0.1) is 12.4 Å². The second-order valence-corrected chi connectivity index (χ2v) is 5.58. The van der Waals surface area contributed by atoms with Crippen molar-refractivity contribution in [1.82, 2.24) is 10.6 Å². The molecule has 0 radical (unpaired) electrons.